The van der Waals surface area contributed by atoms with Crippen molar-refractivity contribution in [3.63, 3.8) is 0 Å². The van der Waals surface area contributed by atoms with Crippen molar-refractivity contribution in [3.8, 4) is 11.8 Å². The molecule has 0 heterocycles. The van der Waals surface area contributed by atoms with E-state index in [0.29, 0.717) is 21.2 Å². The number of rotatable bonds is 3. The Labute approximate surface area is 132 Å². The molecule has 0 amide bonds. The lowest BCUT2D eigenvalue weighted by molar-refractivity contribution is 0.468. The van der Waals surface area contributed by atoms with Crippen molar-refractivity contribution in [2.75, 3.05) is 5.32 Å². The van der Waals surface area contributed by atoms with Crippen molar-refractivity contribution >= 4 is 37.5 Å². The summed E-state index contributed by atoms with van der Waals surface area (Å²) in [7, 11) is 0. The Bertz CT molecular complexity index is 675. The molecule has 0 bridgehead atoms. The normalized spacial score (nSPS) is 10.1. The molecule has 0 aliphatic heterocycles. The molecule has 2 rings (SSSR count). The van der Waals surface area contributed by atoms with E-state index in [-0.39, 0.29) is 11.3 Å². The number of halogens is 3. The number of benzene rings is 2. The van der Waals surface area contributed by atoms with Crippen molar-refractivity contribution in [2.45, 2.75) is 6.54 Å². The summed E-state index contributed by atoms with van der Waals surface area (Å²) in [5.41, 5.74) is 1.30. The minimum atomic E-state index is -0.550. The topological polar surface area (TPSA) is 56.0 Å². The average molecular weight is 400 g/mol. The third-order valence-corrected chi connectivity index (χ3v) is 3.89. The van der Waals surface area contributed by atoms with Crippen molar-refractivity contribution < 1.29 is 9.50 Å². The molecule has 0 spiro atoms. The van der Waals surface area contributed by atoms with Crippen LogP contribution in [0.1, 0.15) is 11.1 Å². The second kappa shape index (κ2) is 6.25. The van der Waals surface area contributed by atoms with E-state index in [4.69, 9.17) is 5.26 Å². The number of phenolic OH excluding ortho intramolecular Hbond substituents is 1. The van der Waals surface area contributed by atoms with Crippen LogP contribution in [0.25, 0.3) is 0 Å². The fraction of sp³-hybridized carbons (Fsp3) is 0.0714. The molecular weight excluding hydrogens is 391 g/mol. The molecule has 6 heteroatoms. The maximum atomic E-state index is 13.4. The van der Waals surface area contributed by atoms with Crippen LogP contribution in [0.5, 0.6) is 5.75 Å². The molecule has 102 valence electrons. The molecular formula is C14H9Br2FN2O. The number of hydrogen-bond acceptors (Lipinski definition) is 3. The Kier molecular flexibility index (Phi) is 4.63. The first-order valence-electron chi connectivity index (χ1n) is 5.62. The van der Waals surface area contributed by atoms with E-state index < -0.39 is 5.82 Å². The van der Waals surface area contributed by atoms with Crippen LogP contribution in [0.3, 0.4) is 0 Å². The Hall–Kier alpha value is -1.58. The van der Waals surface area contributed by atoms with Gasteiger partial charge in [-0.1, -0.05) is 6.07 Å². The first kappa shape index (κ1) is 14.8. The van der Waals surface area contributed by atoms with E-state index in [2.05, 4.69) is 37.2 Å². The number of aromatic hydroxyl groups is 1. The standard InChI is InChI=1S/C14H9Br2FN2O/c15-10-4-8(5-11(16)14(10)20)7-19-13-3-1-2-12(17)9(13)6-18/h1-5,19-20H,7H2. The van der Waals surface area contributed by atoms with Crippen LogP contribution in [0, 0.1) is 17.1 Å². The van der Waals surface area contributed by atoms with E-state index in [1.54, 1.807) is 24.3 Å². The summed E-state index contributed by atoms with van der Waals surface area (Å²) in [6.45, 7) is 0.398. The maximum absolute atomic E-state index is 13.4. The first-order valence-corrected chi connectivity index (χ1v) is 7.21. The van der Waals surface area contributed by atoms with Crippen molar-refractivity contribution in [3.05, 3.63) is 56.2 Å². The SMILES string of the molecule is N#Cc1c(F)cccc1NCc1cc(Br)c(O)c(Br)c1. The molecule has 2 aromatic rings. The van der Waals surface area contributed by atoms with Crippen LogP contribution in [-0.2, 0) is 6.54 Å². The van der Waals surface area contributed by atoms with Crippen LogP contribution in [0.15, 0.2) is 39.3 Å². The second-order valence-corrected chi connectivity index (χ2v) is 5.74. The molecule has 0 radical (unpaired) electrons. The highest BCUT2D eigenvalue weighted by Gasteiger charge is 2.09. The Balaban J connectivity index is 2.22. The third kappa shape index (κ3) is 3.11. The average Bonchev–Trinajstić information content (AvgIpc) is 2.42. The monoisotopic (exact) mass is 398 g/mol. The van der Waals surface area contributed by atoms with E-state index in [9.17, 15) is 9.50 Å². The lowest BCUT2D eigenvalue weighted by Gasteiger charge is -2.10. The zero-order chi connectivity index (χ0) is 14.7. The minimum absolute atomic E-state index is 0.00981. The summed E-state index contributed by atoms with van der Waals surface area (Å²) in [4.78, 5) is 0. The number of anilines is 1. The van der Waals surface area contributed by atoms with Gasteiger partial charge in [-0.25, -0.2) is 4.39 Å². The largest absolute Gasteiger partial charge is 0.506 e. The molecule has 0 atom stereocenters. The summed E-state index contributed by atoms with van der Waals surface area (Å²) < 4.78 is 14.6. The van der Waals surface area contributed by atoms with Crippen molar-refractivity contribution in [1.29, 1.82) is 5.26 Å². The quantitative estimate of drug-likeness (QED) is 0.796. The fourth-order valence-corrected chi connectivity index (χ4v) is 2.98. The Morgan fingerprint density at radius 2 is 1.90 bits per heavy atom. The van der Waals surface area contributed by atoms with Gasteiger partial charge in [0.25, 0.3) is 0 Å². The maximum Gasteiger partial charge on any atom is 0.143 e. The molecule has 2 aromatic carbocycles. The smallest absolute Gasteiger partial charge is 0.143 e. The summed E-state index contributed by atoms with van der Waals surface area (Å²) >= 11 is 6.49. The lowest BCUT2D eigenvalue weighted by atomic mass is 10.1. The van der Waals surface area contributed by atoms with Gasteiger partial charge in [0.1, 0.15) is 23.2 Å². The van der Waals surface area contributed by atoms with Gasteiger partial charge in [0.05, 0.1) is 14.6 Å². The van der Waals surface area contributed by atoms with E-state index in [1.807, 2.05) is 6.07 Å². The van der Waals surface area contributed by atoms with Crippen molar-refractivity contribution in [2.24, 2.45) is 0 Å². The Morgan fingerprint density at radius 1 is 1.25 bits per heavy atom. The molecule has 0 aliphatic rings. The van der Waals surface area contributed by atoms with Crippen LogP contribution in [0.4, 0.5) is 10.1 Å². The molecule has 0 fully saturated rings. The van der Waals surface area contributed by atoms with Crippen LogP contribution in [-0.4, -0.2) is 5.11 Å². The van der Waals surface area contributed by atoms with E-state index >= 15 is 0 Å². The highest BCUT2D eigenvalue weighted by molar-refractivity contribution is 9.11. The highest BCUT2D eigenvalue weighted by atomic mass is 79.9. The zero-order valence-electron chi connectivity index (χ0n) is 10.1. The molecule has 3 nitrogen and oxygen atoms in total. The number of phenols is 1. The van der Waals surface area contributed by atoms with Gasteiger partial charge in [-0.3, -0.25) is 0 Å². The summed E-state index contributed by atoms with van der Waals surface area (Å²) in [6.07, 6.45) is 0. The predicted molar refractivity (Wildman–Crippen MR) is 81.9 cm³/mol. The number of nitriles is 1. The minimum Gasteiger partial charge on any atom is -0.506 e. The fourth-order valence-electron chi connectivity index (χ4n) is 1.70. The predicted octanol–water partition coefficient (Wildman–Crippen LogP) is 4.54. The molecule has 0 saturated carbocycles. The molecule has 20 heavy (non-hydrogen) atoms. The van der Waals surface area contributed by atoms with Crippen LogP contribution in [0.2, 0.25) is 0 Å². The summed E-state index contributed by atoms with van der Waals surface area (Å²) in [5, 5.41) is 21.6. The molecule has 2 N–H and O–H groups in total. The van der Waals surface area contributed by atoms with Gasteiger partial charge in [-0.15, -0.1) is 0 Å². The zero-order valence-corrected chi connectivity index (χ0v) is 13.3. The van der Waals surface area contributed by atoms with Gasteiger partial charge in [-0.2, -0.15) is 5.26 Å². The second-order valence-electron chi connectivity index (χ2n) is 4.04. The van der Waals surface area contributed by atoms with Crippen LogP contribution >= 0.6 is 31.9 Å². The molecule has 0 unspecified atom stereocenters. The molecule has 0 aliphatic carbocycles. The van der Waals surface area contributed by atoms with E-state index in [1.165, 1.54) is 6.07 Å². The molecule has 0 aromatic heterocycles. The van der Waals surface area contributed by atoms with Gasteiger partial charge < -0.3 is 10.4 Å². The third-order valence-electron chi connectivity index (χ3n) is 2.69. The van der Waals surface area contributed by atoms with E-state index in [0.717, 1.165) is 5.56 Å². The lowest BCUT2D eigenvalue weighted by Crippen LogP contribution is -2.02. The number of nitrogens with one attached hydrogen (secondary N) is 1. The summed E-state index contributed by atoms with van der Waals surface area (Å²) in [6, 6.07) is 9.77. The molecule has 0 saturated heterocycles. The summed E-state index contributed by atoms with van der Waals surface area (Å²) in [5.74, 6) is -0.428. The van der Waals surface area contributed by atoms with Crippen molar-refractivity contribution in [1.82, 2.24) is 0 Å². The highest BCUT2D eigenvalue weighted by Crippen LogP contribution is 2.33. The van der Waals surface area contributed by atoms with Gasteiger partial charge >= 0.3 is 0 Å². The van der Waals surface area contributed by atoms with Gasteiger partial charge in [0.15, 0.2) is 0 Å². The van der Waals surface area contributed by atoms with Crippen LogP contribution < -0.4 is 5.32 Å². The number of nitrogens with zero attached hydrogens (tertiary/aromatic N) is 1. The Morgan fingerprint density at radius 3 is 2.50 bits per heavy atom. The number of hydrogen-bond donors (Lipinski definition) is 2. The van der Waals surface area contributed by atoms with Gasteiger partial charge in [-0.05, 0) is 61.7 Å². The van der Waals surface area contributed by atoms with Gasteiger partial charge in [0.2, 0.25) is 0 Å². The first-order chi connectivity index (χ1) is 9.52. The van der Waals surface area contributed by atoms with Gasteiger partial charge in [0, 0.05) is 6.54 Å².